The molecule has 0 aliphatic heterocycles. The molecule has 6 heteroatoms. The molecule has 17 heavy (non-hydrogen) atoms. The largest absolute Gasteiger partial charge is 0.378 e. The number of ether oxygens (including phenoxy) is 1. The van der Waals surface area contributed by atoms with Crippen LogP contribution in [0, 0.1) is 10.1 Å². The Balaban J connectivity index is 1.82. The molecule has 0 spiro atoms. The molecule has 0 radical (unpaired) electrons. The molecule has 1 heterocycles. The zero-order chi connectivity index (χ0) is 12.3. The monoisotopic (exact) mass is 237 g/mol. The van der Waals surface area contributed by atoms with E-state index in [4.69, 9.17) is 4.74 Å². The summed E-state index contributed by atoms with van der Waals surface area (Å²) in [4.78, 5) is 14.0. The SMILES string of the molecule is CCOC1CC(Nc2ccc([N+](=O)[O-])cn2)C1. The number of nitrogens with one attached hydrogen (secondary N) is 1. The van der Waals surface area contributed by atoms with Crippen molar-refractivity contribution in [3.8, 4) is 0 Å². The minimum atomic E-state index is -0.453. The Labute approximate surface area is 99.2 Å². The molecule has 1 saturated carbocycles. The van der Waals surface area contributed by atoms with E-state index in [1.807, 2.05) is 6.92 Å². The lowest BCUT2D eigenvalue weighted by atomic mass is 9.89. The Hall–Kier alpha value is -1.69. The molecule has 1 aromatic rings. The number of pyridine rings is 1. The van der Waals surface area contributed by atoms with Gasteiger partial charge in [0.25, 0.3) is 5.69 Å². The molecule has 0 bridgehead atoms. The Morgan fingerprint density at radius 1 is 1.59 bits per heavy atom. The van der Waals surface area contributed by atoms with E-state index in [0.717, 1.165) is 19.4 Å². The van der Waals surface area contributed by atoms with Gasteiger partial charge < -0.3 is 10.1 Å². The highest BCUT2D eigenvalue weighted by Gasteiger charge is 2.29. The van der Waals surface area contributed by atoms with Crippen molar-refractivity contribution in [3.63, 3.8) is 0 Å². The second kappa shape index (κ2) is 5.09. The first kappa shape index (κ1) is 11.8. The zero-order valence-corrected chi connectivity index (χ0v) is 9.63. The van der Waals surface area contributed by atoms with Gasteiger partial charge in [-0.3, -0.25) is 10.1 Å². The fourth-order valence-electron chi connectivity index (χ4n) is 1.84. The van der Waals surface area contributed by atoms with Crippen LogP contribution in [-0.4, -0.2) is 28.7 Å². The Bertz CT molecular complexity index is 387. The highest BCUT2D eigenvalue weighted by molar-refractivity contribution is 5.41. The van der Waals surface area contributed by atoms with Gasteiger partial charge >= 0.3 is 0 Å². The fraction of sp³-hybridized carbons (Fsp3) is 0.545. The van der Waals surface area contributed by atoms with Gasteiger partial charge in [-0.25, -0.2) is 4.98 Å². The molecule has 92 valence electrons. The van der Waals surface area contributed by atoms with Crippen LogP contribution in [0.5, 0.6) is 0 Å². The summed E-state index contributed by atoms with van der Waals surface area (Å²) < 4.78 is 5.45. The van der Waals surface area contributed by atoms with Crippen LogP contribution in [0.4, 0.5) is 11.5 Å². The van der Waals surface area contributed by atoms with Gasteiger partial charge in [0.15, 0.2) is 0 Å². The van der Waals surface area contributed by atoms with Gasteiger partial charge in [-0.2, -0.15) is 0 Å². The third-order valence-electron chi connectivity index (χ3n) is 2.81. The summed E-state index contributed by atoms with van der Waals surface area (Å²) in [7, 11) is 0. The molecule has 0 amide bonds. The van der Waals surface area contributed by atoms with E-state index in [2.05, 4.69) is 10.3 Å². The summed E-state index contributed by atoms with van der Waals surface area (Å²) in [6.45, 7) is 2.73. The van der Waals surface area contributed by atoms with Crippen molar-refractivity contribution >= 4 is 11.5 Å². The molecule has 6 nitrogen and oxygen atoms in total. The van der Waals surface area contributed by atoms with Crippen LogP contribution in [0.3, 0.4) is 0 Å². The number of nitro groups is 1. The molecular weight excluding hydrogens is 222 g/mol. The van der Waals surface area contributed by atoms with Crippen LogP contribution in [-0.2, 0) is 4.74 Å². The van der Waals surface area contributed by atoms with Crippen LogP contribution >= 0.6 is 0 Å². The average molecular weight is 237 g/mol. The molecule has 1 aliphatic rings. The summed E-state index contributed by atoms with van der Waals surface area (Å²) in [5, 5.41) is 13.7. The maximum Gasteiger partial charge on any atom is 0.287 e. The molecule has 0 atom stereocenters. The molecule has 1 N–H and O–H groups in total. The van der Waals surface area contributed by atoms with Crippen molar-refractivity contribution in [1.29, 1.82) is 0 Å². The molecule has 1 aromatic heterocycles. The normalized spacial score (nSPS) is 22.9. The van der Waals surface area contributed by atoms with Crippen molar-refractivity contribution in [2.75, 3.05) is 11.9 Å². The van der Waals surface area contributed by atoms with Crippen LogP contribution in [0.15, 0.2) is 18.3 Å². The second-order valence-electron chi connectivity index (χ2n) is 4.05. The summed E-state index contributed by atoms with van der Waals surface area (Å²) in [6, 6.07) is 3.45. The maximum absolute atomic E-state index is 10.4. The fourth-order valence-corrected chi connectivity index (χ4v) is 1.84. The van der Waals surface area contributed by atoms with Crippen LogP contribution in [0.1, 0.15) is 19.8 Å². The lowest BCUT2D eigenvalue weighted by molar-refractivity contribution is -0.385. The Kier molecular flexibility index (Phi) is 3.53. The topological polar surface area (TPSA) is 77.3 Å². The predicted octanol–water partition coefficient (Wildman–Crippen LogP) is 1.97. The first-order valence-corrected chi connectivity index (χ1v) is 5.67. The number of hydrogen-bond acceptors (Lipinski definition) is 5. The van der Waals surface area contributed by atoms with Gasteiger partial charge in [-0.1, -0.05) is 0 Å². The minimum Gasteiger partial charge on any atom is -0.378 e. The Morgan fingerprint density at radius 3 is 2.88 bits per heavy atom. The van der Waals surface area contributed by atoms with E-state index in [1.54, 1.807) is 6.07 Å². The molecule has 1 fully saturated rings. The quantitative estimate of drug-likeness (QED) is 0.625. The predicted molar refractivity (Wildman–Crippen MR) is 63.0 cm³/mol. The van der Waals surface area contributed by atoms with Gasteiger partial charge in [-0.05, 0) is 25.8 Å². The smallest absolute Gasteiger partial charge is 0.287 e. The van der Waals surface area contributed by atoms with Gasteiger partial charge in [0.05, 0.1) is 11.0 Å². The highest BCUT2D eigenvalue weighted by atomic mass is 16.6. The number of hydrogen-bond donors (Lipinski definition) is 1. The maximum atomic E-state index is 10.4. The first-order valence-electron chi connectivity index (χ1n) is 5.67. The second-order valence-corrected chi connectivity index (χ2v) is 4.05. The summed E-state index contributed by atoms with van der Waals surface area (Å²) in [5.74, 6) is 0.676. The van der Waals surface area contributed by atoms with E-state index in [0.29, 0.717) is 18.0 Å². The van der Waals surface area contributed by atoms with Crippen molar-refractivity contribution in [2.45, 2.75) is 31.9 Å². The van der Waals surface area contributed by atoms with Crippen molar-refractivity contribution in [2.24, 2.45) is 0 Å². The number of nitrogens with zero attached hydrogens (tertiary/aromatic N) is 2. The standard InChI is InChI=1S/C11H15N3O3/c1-2-17-10-5-8(6-10)13-11-4-3-9(7-12-11)14(15)16/h3-4,7-8,10H,2,5-6H2,1H3,(H,12,13). The minimum absolute atomic E-state index is 0.0105. The van der Waals surface area contributed by atoms with E-state index in [1.165, 1.54) is 12.3 Å². The third-order valence-corrected chi connectivity index (χ3v) is 2.81. The van der Waals surface area contributed by atoms with E-state index in [9.17, 15) is 10.1 Å². The third kappa shape index (κ3) is 2.91. The number of rotatable bonds is 5. The summed E-state index contributed by atoms with van der Waals surface area (Å²) in [5.41, 5.74) is 0.0105. The van der Waals surface area contributed by atoms with E-state index >= 15 is 0 Å². The average Bonchev–Trinajstić information content (AvgIpc) is 2.27. The van der Waals surface area contributed by atoms with Gasteiger partial charge in [0.2, 0.25) is 0 Å². The van der Waals surface area contributed by atoms with Crippen molar-refractivity contribution in [3.05, 3.63) is 28.4 Å². The first-order chi connectivity index (χ1) is 8.19. The van der Waals surface area contributed by atoms with Crippen molar-refractivity contribution < 1.29 is 9.66 Å². The number of anilines is 1. The molecule has 0 saturated heterocycles. The van der Waals surface area contributed by atoms with Gasteiger partial charge in [-0.15, -0.1) is 0 Å². The molecule has 0 aromatic carbocycles. The van der Waals surface area contributed by atoms with E-state index in [-0.39, 0.29) is 5.69 Å². The van der Waals surface area contributed by atoms with Crippen LogP contribution in [0.2, 0.25) is 0 Å². The molecule has 1 aliphatic carbocycles. The lowest BCUT2D eigenvalue weighted by Gasteiger charge is -2.35. The van der Waals surface area contributed by atoms with Crippen molar-refractivity contribution in [1.82, 2.24) is 4.98 Å². The molecule has 2 rings (SSSR count). The highest BCUT2D eigenvalue weighted by Crippen LogP contribution is 2.26. The molecular formula is C11H15N3O3. The van der Waals surface area contributed by atoms with Crippen LogP contribution < -0.4 is 5.32 Å². The summed E-state index contributed by atoms with van der Waals surface area (Å²) >= 11 is 0. The van der Waals surface area contributed by atoms with E-state index < -0.39 is 4.92 Å². The Morgan fingerprint density at radius 2 is 2.35 bits per heavy atom. The van der Waals surface area contributed by atoms with Gasteiger partial charge in [0.1, 0.15) is 12.0 Å². The molecule has 0 unspecified atom stereocenters. The zero-order valence-electron chi connectivity index (χ0n) is 9.63. The van der Waals surface area contributed by atoms with Crippen LogP contribution in [0.25, 0.3) is 0 Å². The lowest BCUT2D eigenvalue weighted by Crippen LogP contribution is -2.40. The summed E-state index contributed by atoms with van der Waals surface area (Å²) in [6.07, 6.45) is 3.54. The van der Waals surface area contributed by atoms with Gasteiger partial charge in [0, 0.05) is 18.7 Å². The number of aromatic nitrogens is 1.